The summed E-state index contributed by atoms with van der Waals surface area (Å²) >= 11 is 1.25. The number of amides is 2. The van der Waals surface area contributed by atoms with Gasteiger partial charge in [-0.25, -0.2) is 4.39 Å². The standard InChI is InChI=1S/C19H15FN2O3S/c1-9-16-12(20)4-3-5-15(16)26-17(9)19(24)21-11-6-7-14-13(8-11)22-18(23)10(2)25-14/h3-8,10H,1-2H3,(H,21,24)(H,22,23). The van der Waals surface area contributed by atoms with Gasteiger partial charge in [0.1, 0.15) is 11.6 Å². The molecule has 4 rings (SSSR count). The molecule has 0 saturated heterocycles. The van der Waals surface area contributed by atoms with Crippen molar-refractivity contribution < 1.29 is 18.7 Å². The summed E-state index contributed by atoms with van der Waals surface area (Å²) in [6.45, 7) is 3.40. The summed E-state index contributed by atoms with van der Waals surface area (Å²) in [4.78, 5) is 24.8. The van der Waals surface area contributed by atoms with Gasteiger partial charge < -0.3 is 15.4 Å². The summed E-state index contributed by atoms with van der Waals surface area (Å²) in [7, 11) is 0. The fraction of sp³-hybridized carbons (Fsp3) is 0.158. The predicted molar refractivity (Wildman–Crippen MR) is 99.6 cm³/mol. The number of thiophene rings is 1. The number of benzene rings is 2. The first-order valence-corrected chi connectivity index (χ1v) is 8.86. The van der Waals surface area contributed by atoms with E-state index in [1.807, 2.05) is 0 Å². The summed E-state index contributed by atoms with van der Waals surface area (Å²) in [5.74, 6) is -0.343. The second kappa shape index (κ2) is 6.10. The van der Waals surface area contributed by atoms with Crippen molar-refractivity contribution in [1.82, 2.24) is 0 Å². The van der Waals surface area contributed by atoms with Crippen molar-refractivity contribution >= 4 is 44.6 Å². The fourth-order valence-electron chi connectivity index (χ4n) is 2.94. The zero-order chi connectivity index (χ0) is 18.4. The van der Waals surface area contributed by atoms with Crippen molar-refractivity contribution in [2.45, 2.75) is 20.0 Å². The van der Waals surface area contributed by atoms with E-state index in [2.05, 4.69) is 10.6 Å². The third-order valence-corrected chi connectivity index (χ3v) is 5.53. The zero-order valence-electron chi connectivity index (χ0n) is 14.1. The predicted octanol–water partition coefficient (Wildman–Crippen LogP) is 4.32. The molecule has 7 heteroatoms. The number of fused-ring (bicyclic) bond motifs is 2. The van der Waals surface area contributed by atoms with Crippen LogP contribution in [0.4, 0.5) is 15.8 Å². The lowest BCUT2D eigenvalue weighted by Crippen LogP contribution is -2.34. The number of aryl methyl sites for hydroxylation is 1. The molecule has 2 aromatic carbocycles. The summed E-state index contributed by atoms with van der Waals surface area (Å²) in [6.07, 6.45) is -0.556. The molecule has 0 spiro atoms. The first-order valence-electron chi connectivity index (χ1n) is 8.04. The van der Waals surface area contributed by atoms with Crippen molar-refractivity contribution in [3.05, 3.63) is 52.7 Å². The molecule has 1 aromatic heterocycles. The molecule has 1 aliphatic heterocycles. The number of carbonyl (C=O) groups is 2. The van der Waals surface area contributed by atoms with Crippen molar-refractivity contribution in [2.75, 3.05) is 10.6 Å². The van der Waals surface area contributed by atoms with Crippen LogP contribution in [0.25, 0.3) is 10.1 Å². The Morgan fingerprint density at radius 2 is 2.12 bits per heavy atom. The lowest BCUT2D eigenvalue weighted by Gasteiger charge is -2.23. The van der Waals surface area contributed by atoms with E-state index in [0.717, 1.165) is 4.70 Å². The highest BCUT2D eigenvalue weighted by Crippen LogP contribution is 2.35. The molecule has 2 heterocycles. The second-order valence-electron chi connectivity index (χ2n) is 6.08. The van der Waals surface area contributed by atoms with E-state index in [-0.39, 0.29) is 17.6 Å². The summed E-state index contributed by atoms with van der Waals surface area (Å²) < 4.78 is 20.3. The monoisotopic (exact) mass is 370 g/mol. The van der Waals surface area contributed by atoms with E-state index in [1.165, 1.54) is 17.4 Å². The average Bonchev–Trinajstić information content (AvgIpc) is 2.94. The minimum atomic E-state index is -0.556. The lowest BCUT2D eigenvalue weighted by molar-refractivity contribution is -0.122. The van der Waals surface area contributed by atoms with Gasteiger partial charge in [0.05, 0.1) is 10.6 Å². The van der Waals surface area contributed by atoms with Gasteiger partial charge in [-0.2, -0.15) is 0 Å². The van der Waals surface area contributed by atoms with E-state index in [1.54, 1.807) is 44.2 Å². The maximum absolute atomic E-state index is 14.0. The third kappa shape index (κ3) is 2.70. The van der Waals surface area contributed by atoms with Crippen LogP contribution < -0.4 is 15.4 Å². The highest BCUT2D eigenvalue weighted by molar-refractivity contribution is 7.21. The lowest BCUT2D eigenvalue weighted by atomic mass is 10.1. The summed E-state index contributed by atoms with van der Waals surface area (Å²) in [6, 6.07) is 9.84. The van der Waals surface area contributed by atoms with Crippen LogP contribution in [-0.4, -0.2) is 17.9 Å². The molecule has 0 bridgehead atoms. The Hall–Kier alpha value is -2.93. The van der Waals surface area contributed by atoms with Crippen LogP contribution in [0.2, 0.25) is 0 Å². The molecule has 0 fully saturated rings. The number of nitrogens with one attached hydrogen (secondary N) is 2. The van der Waals surface area contributed by atoms with E-state index < -0.39 is 6.10 Å². The van der Waals surface area contributed by atoms with Gasteiger partial charge in [0.2, 0.25) is 0 Å². The number of hydrogen-bond donors (Lipinski definition) is 2. The Kier molecular flexibility index (Phi) is 3.88. The molecule has 1 aliphatic rings. The topological polar surface area (TPSA) is 67.4 Å². The van der Waals surface area contributed by atoms with Crippen molar-refractivity contribution in [2.24, 2.45) is 0 Å². The molecule has 5 nitrogen and oxygen atoms in total. The van der Waals surface area contributed by atoms with Crippen molar-refractivity contribution in [3.63, 3.8) is 0 Å². The van der Waals surface area contributed by atoms with Gasteiger partial charge in [0, 0.05) is 15.8 Å². The molecule has 2 N–H and O–H groups in total. The molecule has 0 aliphatic carbocycles. The summed E-state index contributed by atoms with van der Waals surface area (Å²) in [5, 5.41) is 6.01. The minimum Gasteiger partial charge on any atom is -0.479 e. The molecule has 3 aromatic rings. The van der Waals surface area contributed by atoms with E-state index in [0.29, 0.717) is 33.0 Å². The van der Waals surface area contributed by atoms with Gasteiger partial charge in [-0.15, -0.1) is 11.3 Å². The van der Waals surface area contributed by atoms with Crippen LogP contribution in [0, 0.1) is 12.7 Å². The van der Waals surface area contributed by atoms with Gasteiger partial charge in [-0.1, -0.05) is 6.07 Å². The van der Waals surface area contributed by atoms with Gasteiger partial charge in [-0.3, -0.25) is 9.59 Å². The average molecular weight is 370 g/mol. The van der Waals surface area contributed by atoms with Crippen molar-refractivity contribution in [1.29, 1.82) is 0 Å². The van der Waals surface area contributed by atoms with E-state index in [4.69, 9.17) is 4.74 Å². The molecular weight excluding hydrogens is 355 g/mol. The van der Waals surface area contributed by atoms with Crippen LogP contribution in [0.3, 0.4) is 0 Å². The Labute approximate surface area is 152 Å². The van der Waals surface area contributed by atoms with Gasteiger partial charge in [-0.05, 0) is 49.7 Å². The van der Waals surface area contributed by atoms with Crippen LogP contribution in [0.1, 0.15) is 22.2 Å². The molecule has 0 saturated carbocycles. The largest absolute Gasteiger partial charge is 0.479 e. The number of rotatable bonds is 2. The normalized spacial score (nSPS) is 16.0. The number of hydrogen-bond acceptors (Lipinski definition) is 4. The van der Waals surface area contributed by atoms with Crippen LogP contribution in [0.15, 0.2) is 36.4 Å². The SMILES string of the molecule is Cc1c(C(=O)Nc2ccc3c(c2)NC(=O)C(C)O3)sc2cccc(F)c12. The Balaban J connectivity index is 1.63. The Bertz CT molecular complexity index is 1060. The smallest absolute Gasteiger partial charge is 0.266 e. The van der Waals surface area contributed by atoms with Crippen LogP contribution in [-0.2, 0) is 4.79 Å². The molecule has 1 unspecified atom stereocenters. The molecule has 132 valence electrons. The Morgan fingerprint density at radius 3 is 2.88 bits per heavy atom. The van der Waals surface area contributed by atoms with Crippen molar-refractivity contribution in [3.8, 4) is 5.75 Å². The molecule has 2 amide bonds. The van der Waals surface area contributed by atoms with Crippen LogP contribution >= 0.6 is 11.3 Å². The highest BCUT2D eigenvalue weighted by atomic mass is 32.1. The quantitative estimate of drug-likeness (QED) is 0.706. The van der Waals surface area contributed by atoms with E-state index in [9.17, 15) is 14.0 Å². The van der Waals surface area contributed by atoms with Crippen LogP contribution in [0.5, 0.6) is 5.75 Å². The van der Waals surface area contributed by atoms with Gasteiger partial charge in [0.25, 0.3) is 11.8 Å². The molecule has 26 heavy (non-hydrogen) atoms. The van der Waals surface area contributed by atoms with Gasteiger partial charge >= 0.3 is 0 Å². The highest BCUT2D eigenvalue weighted by Gasteiger charge is 2.24. The number of carbonyl (C=O) groups excluding carboxylic acids is 2. The first-order chi connectivity index (χ1) is 12.4. The zero-order valence-corrected chi connectivity index (χ0v) is 14.9. The number of anilines is 2. The van der Waals surface area contributed by atoms with E-state index >= 15 is 0 Å². The first kappa shape index (κ1) is 16.5. The number of ether oxygens (including phenoxy) is 1. The maximum Gasteiger partial charge on any atom is 0.266 e. The Morgan fingerprint density at radius 1 is 1.31 bits per heavy atom. The number of halogens is 1. The summed E-state index contributed by atoms with van der Waals surface area (Å²) in [5.41, 5.74) is 1.64. The maximum atomic E-state index is 14.0. The molecule has 0 radical (unpaired) electrons. The third-order valence-electron chi connectivity index (χ3n) is 4.28. The fourth-order valence-corrected chi connectivity index (χ4v) is 4.06. The second-order valence-corrected chi connectivity index (χ2v) is 7.14. The molecular formula is C19H15FN2O3S. The minimum absolute atomic E-state index is 0.239. The molecule has 1 atom stereocenters. The van der Waals surface area contributed by atoms with Gasteiger partial charge in [0.15, 0.2) is 6.10 Å².